The van der Waals surface area contributed by atoms with Gasteiger partial charge in [0.2, 0.25) is 17.2 Å². The number of thiazole rings is 2. The van der Waals surface area contributed by atoms with Gasteiger partial charge in [-0.2, -0.15) is 15.0 Å². The highest BCUT2D eigenvalue weighted by atomic mass is 35.5. The number of piperazine rings is 2. The van der Waals surface area contributed by atoms with E-state index in [0.717, 1.165) is 128 Å². The van der Waals surface area contributed by atoms with Crippen LogP contribution < -0.4 is 38.2 Å². The second-order valence-electron chi connectivity index (χ2n) is 15.0. The van der Waals surface area contributed by atoms with Crippen LogP contribution in [0.4, 0.5) is 44.9 Å². The van der Waals surface area contributed by atoms with E-state index in [0.29, 0.717) is 11.9 Å². The Balaban J connectivity index is 0.796. The van der Waals surface area contributed by atoms with Crippen molar-refractivity contribution < 1.29 is 18.6 Å². The Kier molecular flexibility index (Phi) is 11.3. The first-order valence-electron chi connectivity index (χ1n) is 20.0. The van der Waals surface area contributed by atoms with Crippen molar-refractivity contribution >= 4 is 99.6 Å². The molecule has 4 aromatic carbocycles. The predicted octanol–water partition coefficient (Wildman–Crippen LogP) is 8.72. The monoisotopic (exact) mass is 875 g/mol. The number of hydrogen-bond acceptors (Lipinski definition) is 15. The molecule has 0 amide bonds. The van der Waals surface area contributed by atoms with Crippen molar-refractivity contribution in [2.45, 2.75) is 13.8 Å². The van der Waals surface area contributed by atoms with Crippen molar-refractivity contribution in [1.29, 1.82) is 0 Å². The molecule has 0 bridgehead atoms. The van der Waals surface area contributed by atoms with Crippen molar-refractivity contribution in [1.82, 2.24) is 15.0 Å². The smallest absolute Gasteiger partial charge is 0.409 e. The molecule has 15 nitrogen and oxygen atoms in total. The zero-order valence-corrected chi connectivity index (χ0v) is 37.3. The van der Waals surface area contributed by atoms with Crippen LogP contribution in [0.25, 0.3) is 20.4 Å². The minimum atomic E-state index is 0.207. The molecular formula is C43H46ClN13O2S2+2. The lowest BCUT2D eigenvalue weighted by molar-refractivity contribution is -0.628. The van der Waals surface area contributed by atoms with Crippen LogP contribution in [-0.2, 0) is 14.1 Å². The van der Waals surface area contributed by atoms with Crippen molar-refractivity contribution in [3.63, 3.8) is 0 Å². The minimum Gasteiger partial charge on any atom is -0.497 e. The normalized spacial score (nSPS) is 15.0. The largest absolute Gasteiger partial charge is 0.497 e. The van der Waals surface area contributed by atoms with Gasteiger partial charge in [0.25, 0.3) is 0 Å². The van der Waals surface area contributed by atoms with Crippen molar-refractivity contribution in [3.8, 4) is 11.5 Å². The van der Waals surface area contributed by atoms with Gasteiger partial charge < -0.3 is 29.1 Å². The number of benzene rings is 4. The second-order valence-corrected chi connectivity index (χ2v) is 17.4. The molecule has 2 aliphatic heterocycles. The summed E-state index contributed by atoms with van der Waals surface area (Å²) in [5, 5.41) is 20.3. The summed E-state index contributed by atoms with van der Waals surface area (Å²) in [4.78, 5) is 23.2. The summed E-state index contributed by atoms with van der Waals surface area (Å²) in [6.07, 6.45) is 0. The molecular weight excluding hydrogens is 830 g/mol. The Morgan fingerprint density at radius 3 is 1.34 bits per heavy atom. The summed E-state index contributed by atoms with van der Waals surface area (Å²) in [6, 6.07) is 24.8. The summed E-state index contributed by atoms with van der Waals surface area (Å²) < 4.78 is 17.1. The Labute approximate surface area is 366 Å². The Bertz CT molecular complexity index is 2630. The molecule has 7 aromatic rings. The van der Waals surface area contributed by atoms with Gasteiger partial charge in [0.05, 0.1) is 47.9 Å². The van der Waals surface area contributed by atoms with E-state index in [1.165, 1.54) is 0 Å². The van der Waals surface area contributed by atoms with Gasteiger partial charge in [-0.1, -0.05) is 0 Å². The van der Waals surface area contributed by atoms with Crippen LogP contribution in [-0.4, -0.2) is 81.5 Å². The van der Waals surface area contributed by atoms with E-state index in [1.807, 2.05) is 62.6 Å². The number of hydrogen-bond donors (Lipinski definition) is 0. The molecule has 61 heavy (non-hydrogen) atoms. The van der Waals surface area contributed by atoms with Crippen molar-refractivity contribution in [2.75, 3.05) is 86.2 Å². The standard InChI is InChI=1S/C43H46ClN13O2S2/c1-27-23-29(7-11-33(27)48-50-42-52(3)35-13-9-31(58-5)25-37(35)60-42)54-15-19-56(20-16-54)40-45-39(44)46-41(47-40)57-21-17-55(18-22-57)30-8-12-34(28(2)24-30)49-51-43-53(4)36-14-10-32(59-6)26-38(36)61-43/h7-14,23-26H,15-22H2,1-6H3/q+2. The van der Waals surface area contributed by atoms with E-state index in [1.54, 1.807) is 36.9 Å². The van der Waals surface area contributed by atoms with Crippen molar-refractivity contribution in [2.24, 2.45) is 34.6 Å². The third kappa shape index (κ3) is 8.37. The molecule has 9 rings (SSSR count). The van der Waals surface area contributed by atoms with Crippen LogP contribution in [0.1, 0.15) is 11.1 Å². The zero-order chi connectivity index (χ0) is 42.2. The van der Waals surface area contributed by atoms with Gasteiger partial charge in [-0.3, -0.25) is 0 Å². The number of nitrogens with zero attached hydrogens (tertiary/aromatic N) is 13. The van der Waals surface area contributed by atoms with Crippen LogP contribution in [0.2, 0.25) is 5.28 Å². The summed E-state index contributed by atoms with van der Waals surface area (Å²) in [5.41, 5.74) is 8.31. The maximum Gasteiger partial charge on any atom is 0.409 e. The fourth-order valence-electron chi connectivity index (χ4n) is 7.71. The van der Waals surface area contributed by atoms with Gasteiger partial charge in [0.1, 0.15) is 33.9 Å². The SMILES string of the molecule is COc1ccc2c(c1)sc(N=Nc1ccc(N3CCN(c4nc(Cl)nc(N5CCN(c6ccc(N=Nc7sc8cc(OC)ccc8[n+]7C)c(C)c6)CC5)n4)CC3)cc1C)[n+]2C. The van der Waals surface area contributed by atoms with Crippen molar-refractivity contribution in [3.05, 3.63) is 89.2 Å². The lowest BCUT2D eigenvalue weighted by atomic mass is 10.1. The maximum absolute atomic E-state index is 6.53. The Morgan fingerprint density at radius 1 is 0.541 bits per heavy atom. The molecule has 2 saturated heterocycles. The first-order chi connectivity index (χ1) is 29.6. The molecule has 0 N–H and O–H groups in total. The van der Waals surface area contributed by atoms with Gasteiger partial charge in [-0.25, -0.2) is 9.13 Å². The summed E-state index contributed by atoms with van der Waals surface area (Å²) in [6.45, 7) is 10.5. The quantitative estimate of drug-likeness (QED) is 0.0980. The molecule has 2 fully saturated rings. The molecule has 312 valence electrons. The maximum atomic E-state index is 6.53. The van der Waals surface area contributed by atoms with Gasteiger partial charge in [-0.15, -0.1) is 0 Å². The first-order valence-corrected chi connectivity index (χ1v) is 22.0. The fraction of sp³-hybridized carbons (Fsp3) is 0.326. The highest BCUT2D eigenvalue weighted by Gasteiger charge is 2.26. The Hall–Kier alpha value is -6.04. The number of anilines is 4. The molecule has 3 aromatic heterocycles. The van der Waals surface area contributed by atoms with Gasteiger partial charge >= 0.3 is 10.3 Å². The molecule has 0 spiro atoms. The number of halogens is 1. The number of ether oxygens (including phenoxy) is 2. The van der Waals surface area contributed by atoms with Crippen LogP contribution in [0.3, 0.4) is 0 Å². The summed E-state index contributed by atoms with van der Waals surface area (Å²) in [5.74, 6) is 2.88. The van der Waals surface area contributed by atoms with E-state index in [2.05, 4.69) is 97.3 Å². The highest BCUT2D eigenvalue weighted by molar-refractivity contribution is 7.21. The number of rotatable bonds is 10. The average molecular weight is 877 g/mol. The Morgan fingerprint density at radius 2 is 0.951 bits per heavy atom. The molecule has 18 heteroatoms. The third-order valence-corrected chi connectivity index (χ3v) is 13.7. The van der Waals surface area contributed by atoms with Gasteiger partial charge in [0, 0.05) is 75.9 Å². The molecule has 0 saturated carbocycles. The van der Waals surface area contributed by atoms with Crippen LogP contribution in [0.15, 0.2) is 93.3 Å². The number of aromatic nitrogens is 5. The van der Waals surface area contributed by atoms with E-state index in [4.69, 9.17) is 26.1 Å². The predicted molar refractivity (Wildman–Crippen MR) is 244 cm³/mol. The van der Waals surface area contributed by atoms with Gasteiger partial charge in [-0.05, 0) is 130 Å². The number of aryl methyl sites for hydroxylation is 4. The highest BCUT2D eigenvalue weighted by Crippen LogP contribution is 2.34. The van der Waals surface area contributed by atoms with Crippen LogP contribution >= 0.6 is 34.3 Å². The molecule has 0 unspecified atom stereocenters. The fourth-order valence-corrected chi connectivity index (χ4v) is 9.85. The lowest BCUT2D eigenvalue weighted by Crippen LogP contribution is -2.48. The van der Waals surface area contributed by atoms with Crippen LogP contribution in [0, 0.1) is 13.8 Å². The minimum absolute atomic E-state index is 0.207. The van der Waals surface area contributed by atoms with Crippen LogP contribution in [0.5, 0.6) is 11.5 Å². The van der Waals surface area contributed by atoms with E-state index >= 15 is 0 Å². The molecule has 0 radical (unpaired) electrons. The lowest BCUT2D eigenvalue weighted by Gasteiger charge is -2.38. The van der Waals surface area contributed by atoms with E-state index in [-0.39, 0.29) is 5.28 Å². The third-order valence-electron chi connectivity index (χ3n) is 11.3. The number of fused-ring (bicyclic) bond motifs is 2. The molecule has 2 aliphatic rings. The number of azo groups is 2. The summed E-state index contributed by atoms with van der Waals surface area (Å²) in [7, 11) is 7.37. The molecule has 5 heterocycles. The number of methoxy groups -OCH3 is 2. The van der Waals surface area contributed by atoms with Gasteiger partial charge in [0.15, 0.2) is 0 Å². The second kappa shape index (κ2) is 17.1. The zero-order valence-electron chi connectivity index (χ0n) is 34.9. The topological polar surface area (TPSA) is 127 Å². The summed E-state index contributed by atoms with van der Waals surface area (Å²) >= 11 is 9.71. The average Bonchev–Trinajstić information content (AvgIpc) is 3.78. The van der Waals surface area contributed by atoms with E-state index < -0.39 is 0 Å². The first kappa shape index (κ1) is 40.4. The molecule has 0 atom stereocenters. The van der Waals surface area contributed by atoms with E-state index in [9.17, 15) is 0 Å². The molecule has 0 aliphatic carbocycles.